The number of hydrogen-bond acceptors (Lipinski definition) is 8. The second kappa shape index (κ2) is 12.3. The van der Waals surface area contributed by atoms with E-state index in [2.05, 4.69) is 62.9 Å². The summed E-state index contributed by atoms with van der Waals surface area (Å²) >= 11 is 0. The first kappa shape index (κ1) is 28.0. The molecule has 0 atom stereocenters. The smallest absolute Gasteiger partial charge is 0.241 e. The molecule has 1 heterocycles. The van der Waals surface area contributed by atoms with Crippen LogP contribution in [0.25, 0.3) is 10.8 Å². The van der Waals surface area contributed by atoms with Crippen LogP contribution in [0, 0.1) is 12.8 Å². The zero-order valence-corrected chi connectivity index (χ0v) is 24.0. The topological polar surface area (TPSA) is 112 Å². The zero-order valence-electron chi connectivity index (χ0n) is 23.2. The highest BCUT2D eigenvalue weighted by atomic mass is 32.2. The molecule has 3 aromatic rings. The molecule has 206 valence electrons. The van der Waals surface area contributed by atoms with Gasteiger partial charge in [0.15, 0.2) is 0 Å². The van der Waals surface area contributed by atoms with Gasteiger partial charge in [-0.25, -0.2) is 13.1 Å². The van der Waals surface area contributed by atoms with Crippen LogP contribution in [0.2, 0.25) is 0 Å². The van der Waals surface area contributed by atoms with Crippen molar-refractivity contribution in [2.45, 2.75) is 77.3 Å². The molecule has 1 saturated carbocycles. The lowest BCUT2D eigenvalue weighted by molar-refractivity contribution is 0.323. The highest BCUT2D eigenvalue weighted by molar-refractivity contribution is 7.89. The fourth-order valence-electron chi connectivity index (χ4n) is 5.12. The molecule has 1 aliphatic carbocycles. The number of aryl methyl sites for hydroxylation is 1. The van der Waals surface area contributed by atoms with E-state index in [1.165, 1.54) is 0 Å². The molecule has 3 N–H and O–H groups in total. The van der Waals surface area contributed by atoms with Crippen molar-refractivity contribution in [2.24, 2.45) is 5.92 Å². The lowest BCUT2D eigenvalue weighted by Crippen LogP contribution is -2.38. The molecule has 0 saturated heterocycles. The molecule has 1 fully saturated rings. The highest BCUT2D eigenvalue weighted by Crippen LogP contribution is 2.29. The second-order valence-corrected chi connectivity index (χ2v) is 12.1. The van der Waals surface area contributed by atoms with Crippen LogP contribution in [0.4, 0.5) is 17.8 Å². The zero-order chi connectivity index (χ0) is 27.3. The van der Waals surface area contributed by atoms with Gasteiger partial charge in [-0.15, -0.1) is 0 Å². The van der Waals surface area contributed by atoms with Gasteiger partial charge in [-0.3, -0.25) is 0 Å². The third-order valence-corrected chi connectivity index (χ3v) is 8.87. The van der Waals surface area contributed by atoms with Gasteiger partial charge in [-0.05, 0) is 77.2 Å². The summed E-state index contributed by atoms with van der Waals surface area (Å²) in [6, 6.07) is 11.7. The Hall–Kier alpha value is -2.98. The van der Waals surface area contributed by atoms with Gasteiger partial charge in [0.1, 0.15) is 0 Å². The Bertz CT molecular complexity index is 1330. The van der Waals surface area contributed by atoms with E-state index < -0.39 is 10.0 Å². The summed E-state index contributed by atoms with van der Waals surface area (Å²) < 4.78 is 29.8. The predicted octanol–water partition coefficient (Wildman–Crippen LogP) is 4.95. The molecule has 1 aliphatic rings. The van der Waals surface area contributed by atoms with Crippen LogP contribution >= 0.6 is 0 Å². The van der Waals surface area contributed by atoms with Crippen LogP contribution in [0.5, 0.6) is 0 Å². The summed E-state index contributed by atoms with van der Waals surface area (Å²) in [6.07, 6.45) is 3.47. The van der Waals surface area contributed by atoms with E-state index in [0.717, 1.165) is 61.7 Å². The van der Waals surface area contributed by atoms with Crippen molar-refractivity contribution in [1.29, 1.82) is 0 Å². The second-order valence-electron chi connectivity index (χ2n) is 10.4. The predicted molar refractivity (Wildman–Crippen MR) is 155 cm³/mol. The summed E-state index contributed by atoms with van der Waals surface area (Å²) in [7, 11) is -3.63. The van der Waals surface area contributed by atoms with Crippen molar-refractivity contribution in [3.63, 3.8) is 0 Å². The quantitative estimate of drug-likeness (QED) is 0.314. The van der Waals surface area contributed by atoms with Gasteiger partial charge in [0.05, 0.1) is 4.90 Å². The van der Waals surface area contributed by atoms with Crippen molar-refractivity contribution in [3.05, 3.63) is 42.0 Å². The van der Waals surface area contributed by atoms with E-state index in [1.54, 1.807) is 0 Å². The normalized spacial score (nSPS) is 18.1. The molecule has 10 heteroatoms. The SMILES string of the molecule is CCN(CC)c1nc(NCC2CCC(NS(=O)(=O)c3c(C)ccc4ccccc34)CC2)nc(NC(C)C)n1. The number of nitrogens with one attached hydrogen (secondary N) is 3. The van der Waals surface area contributed by atoms with Gasteiger partial charge in [0.25, 0.3) is 0 Å². The van der Waals surface area contributed by atoms with Gasteiger partial charge in [0, 0.05) is 37.1 Å². The molecule has 9 nitrogen and oxygen atoms in total. The number of benzene rings is 2. The maximum absolute atomic E-state index is 13.4. The first-order valence-corrected chi connectivity index (χ1v) is 15.2. The third-order valence-electron chi connectivity index (χ3n) is 7.15. The lowest BCUT2D eigenvalue weighted by atomic mass is 9.86. The van der Waals surface area contributed by atoms with Crippen LogP contribution in [-0.4, -0.2) is 55.1 Å². The van der Waals surface area contributed by atoms with Crippen LogP contribution in [-0.2, 0) is 10.0 Å². The lowest BCUT2D eigenvalue weighted by Gasteiger charge is -2.29. The first-order valence-electron chi connectivity index (χ1n) is 13.7. The summed E-state index contributed by atoms with van der Waals surface area (Å²) in [4.78, 5) is 16.3. The number of anilines is 3. The number of nitrogens with zero attached hydrogens (tertiary/aromatic N) is 4. The summed E-state index contributed by atoms with van der Waals surface area (Å²) in [5, 5.41) is 8.41. The molecule has 1 aromatic heterocycles. The molecule has 2 aromatic carbocycles. The Morgan fingerprint density at radius 2 is 1.63 bits per heavy atom. The summed E-state index contributed by atoms with van der Waals surface area (Å²) in [5.41, 5.74) is 0.766. The average Bonchev–Trinajstić information content (AvgIpc) is 2.88. The molecule has 0 bridgehead atoms. The largest absolute Gasteiger partial charge is 0.354 e. The number of aromatic nitrogens is 3. The monoisotopic (exact) mass is 539 g/mol. The van der Waals surface area contributed by atoms with E-state index in [9.17, 15) is 8.42 Å². The maximum Gasteiger partial charge on any atom is 0.241 e. The first-order chi connectivity index (χ1) is 18.2. The molecule has 0 spiro atoms. The van der Waals surface area contributed by atoms with Crippen LogP contribution in [0.1, 0.15) is 58.9 Å². The Morgan fingerprint density at radius 1 is 0.947 bits per heavy atom. The molecule has 0 unspecified atom stereocenters. The summed E-state index contributed by atoms with van der Waals surface area (Å²) in [5.74, 6) is 2.23. The third kappa shape index (κ3) is 6.71. The van der Waals surface area contributed by atoms with Gasteiger partial charge in [-0.1, -0.05) is 36.4 Å². The molecule has 38 heavy (non-hydrogen) atoms. The van der Waals surface area contributed by atoms with Crippen molar-refractivity contribution in [2.75, 3.05) is 35.2 Å². The Labute approximate surface area is 226 Å². The molecule has 4 rings (SSSR count). The highest BCUT2D eigenvalue weighted by Gasteiger charge is 2.28. The molecular formula is C28H41N7O2S. The minimum absolute atomic E-state index is 0.0668. The maximum atomic E-state index is 13.4. The fraction of sp³-hybridized carbons (Fsp3) is 0.536. The van der Waals surface area contributed by atoms with Gasteiger partial charge in [0.2, 0.25) is 27.9 Å². The van der Waals surface area contributed by atoms with Gasteiger partial charge < -0.3 is 15.5 Å². The van der Waals surface area contributed by atoms with Crippen molar-refractivity contribution < 1.29 is 8.42 Å². The minimum atomic E-state index is -3.63. The molecule has 0 amide bonds. The van der Waals surface area contributed by atoms with Gasteiger partial charge in [-0.2, -0.15) is 15.0 Å². The van der Waals surface area contributed by atoms with E-state index in [4.69, 9.17) is 0 Å². The van der Waals surface area contributed by atoms with E-state index >= 15 is 0 Å². The molecule has 0 aliphatic heterocycles. The Balaban J connectivity index is 1.38. The van der Waals surface area contributed by atoms with Crippen molar-refractivity contribution in [1.82, 2.24) is 19.7 Å². The van der Waals surface area contributed by atoms with Crippen molar-refractivity contribution >= 4 is 38.6 Å². The Kier molecular flexibility index (Phi) is 9.04. The minimum Gasteiger partial charge on any atom is -0.354 e. The Morgan fingerprint density at radius 3 is 2.32 bits per heavy atom. The van der Waals surface area contributed by atoms with E-state index in [-0.39, 0.29) is 12.1 Å². The van der Waals surface area contributed by atoms with Crippen LogP contribution < -0.4 is 20.3 Å². The molecule has 0 radical (unpaired) electrons. The number of hydrogen-bond donors (Lipinski definition) is 3. The fourth-order valence-corrected chi connectivity index (χ4v) is 6.88. The average molecular weight is 540 g/mol. The summed E-state index contributed by atoms with van der Waals surface area (Å²) in [6.45, 7) is 12.5. The van der Waals surface area contributed by atoms with E-state index in [0.29, 0.717) is 28.7 Å². The molecular weight excluding hydrogens is 498 g/mol. The number of rotatable bonds is 11. The number of fused-ring (bicyclic) bond motifs is 1. The van der Waals surface area contributed by atoms with Crippen LogP contribution in [0.15, 0.2) is 41.3 Å². The standard InChI is InChI=1S/C28H41N7O2S/c1-6-35(7-2)28-32-26(31-27(33-28)30-19(3)4)29-18-21-13-16-23(17-14-21)34-38(36,37)25-20(5)12-15-22-10-8-9-11-24(22)25/h8-12,15,19,21,23,34H,6-7,13-14,16-18H2,1-5H3,(H2,29,30,31,32,33). The van der Waals surface area contributed by atoms with Crippen molar-refractivity contribution in [3.8, 4) is 0 Å². The van der Waals surface area contributed by atoms with Gasteiger partial charge >= 0.3 is 0 Å². The van der Waals surface area contributed by atoms with Crippen LogP contribution in [0.3, 0.4) is 0 Å². The van der Waals surface area contributed by atoms with E-state index in [1.807, 2.05) is 43.3 Å². The number of sulfonamides is 1.